The van der Waals surface area contributed by atoms with E-state index in [1.165, 1.54) is 6.92 Å². The molecule has 0 spiro atoms. The SMILES string of the molecule is Cc1c(C(=O)O[C@H](C)C#N)oc2ccc(Cl)cc12. The number of fused-ring (bicyclic) bond motifs is 1. The molecule has 0 aliphatic carbocycles. The van der Waals surface area contributed by atoms with Crippen LogP contribution in [0.25, 0.3) is 11.0 Å². The van der Waals surface area contributed by atoms with Gasteiger partial charge in [0.25, 0.3) is 0 Å². The first-order valence-electron chi connectivity index (χ1n) is 5.32. The van der Waals surface area contributed by atoms with Crippen LogP contribution >= 0.6 is 11.6 Å². The van der Waals surface area contributed by atoms with Gasteiger partial charge < -0.3 is 9.15 Å². The molecule has 0 amide bonds. The third-order valence-corrected chi connectivity index (χ3v) is 2.78. The van der Waals surface area contributed by atoms with Gasteiger partial charge in [0.2, 0.25) is 5.76 Å². The molecule has 0 aliphatic heterocycles. The fraction of sp³-hybridized carbons (Fsp3) is 0.231. The minimum atomic E-state index is -0.811. The Balaban J connectivity index is 2.43. The minimum Gasteiger partial charge on any atom is -0.449 e. The summed E-state index contributed by atoms with van der Waals surface area (Å²) < 4.78 is 10.3. The van der Waals surface area contributed by atoms with Crippen molar-refractivity contribution in [1.29, 1.82) is 5.26 Å². The molecule has 18 heavy (non-hydrogen) atoms. The lowest BCUT2D eigenvalue weighted by Gasteiger charge is -2.03. The van der Waals surface area contributed by atoms with Gasteiger partial charge in [-0.2, -0.15) is 5.26 Å². The zero-order valence-electron chi connectivity index (χ0n) is 9.86. The summed E-state index contributed by atoms with van der Waals surface area (Å²) >= 11 is 5.89. The van der Waals surface area contributed by atoms with Crippen LogP contribution in [0.4, 0.5) is 0 Å². The molecule has 0 saturated heterocycles. The zero-order chi connectivity index (χ0) is 13.3. The highest BCUT2D eigenvalue weighted by atomic mass is 35.5. The summed E-state index contributed by atoms with van der Waals surface area (Å²) in [5.41, 5.74) is 1.22. The summed E-state index contributed by atoms with van der Waals surface area (Å²) in [5.74, 6) is -0.539. The van der Waals surface area contributed by atoms with Gasteiger partial charge in [0.15, 0.2) is 6.10 Å². The highest BCUT2D eigenvalue weighted by Crippen LogP contribution is 2.28. The fourth-order valence-corrected chi connectivity index (χ4v) is 1.80. The lowest BCUT2D eigenvalue weighted by atomic mass is 10.1. The van der Waals surface area contributed by atoms with E-state index >= 15 is 0 Å². The second-order valence-corrected chi connectivity index (χ2v) is 4.31. The fourth-order valence-electron chi connectivity index (χ4n) is 1.63. The first kappa shape index (κ1) is 12.5. The molecule has 0 bridgehead atoms. The number of nitriles is 1. The molecule has 0 unspecified atom stereocenters. The van der Waals surface area contributed by atoms with Crippen LogP contribution in [0.3, 0.4) is 0 Å². The number of halogens is 1. The lowest BCUT2D eigenvalue weighted by molar-refractivity contribution is 0.0400. The van der Waals surface area contributed by atoms with Gasteiger partial charge >= 0.3 is 5.97 Å². The maximum Gasteiger partial charge on any atom is 0.375 e. The van der Waals surface area contributed by atoms with Gasteiger partial charge in [0, 0.05) is 16.0 Å². The Labute approximate surface area is 109 Å². The second-order valence-electron chi connectivity index (χ2n) is 3.87. The van der Waals surface area contributed by atoms with Gasteiger partial charge in [-0.05, 0) is 32.0 Å². The lowest BCUT2D eigenvalue weighted by Crippen LogP contribution is -2.13. The van der Waals surface area contributed by atoms with Gasteiger partial charge in [-0.3, -0.25) is 0 Å². The van der Waals surface area contributed by atoms with Crippen LogP contribution in [0.1, 0.15) is 23.0 Å². The van der Waals surface area contributed by atoms with Crippen molar-refractivity contribution in [1.82, 2.24) is 0 Å². The van der Waals surface area contributed by atoms with E-state index in [1.807, 2.05) is 6.07 Å². The molecule has 1 heterocycles. The number of hydrogen-bond donors (Lipinski definition) is 0. The Hall–Kier alpha value is -1.99. The van der Waals surface area contributed by atoms with Crippen molar-refractivity contribution in [3.63, 3.8) is 0 Å². The molecule has 2 rings (SSSR count). The quantitative estimate of drug-likeness (QED) is 0.779. The van der Waals surface area contributed by atoms with Gasteiger partial charge in [-0.1, -0.05) is 11.6 Å². The third-order valence-electron chi connectivity index (χ3n) is 2.55. The smallest absolute Gasteiger partial charge is 0.375 e. The summed E-state index contributed by atoms with van der Waals surface area (Å²) in [4.78, 5) is 11.8. The molecule has 0 saturated carbocycles. The van der Waals surface area contributed by atoms with E-state index in [2.05, 4.69) is 0 Å². The van der Waals surface area contributed by atoms with Crippen molar-refractivity contribution < 1.29 is 13.9 Å². The first-order chi connectivity index (χ1) is 8.52. The van der Waals surface area contributed by atoms with Crippen LogP contribution in [-0.2, 0) is 4.74 Å². The van der Waals surface area contributed by atoms with E-state index in [9.17, 15) is 4.79 Å². The van der Waals surface area contributed by atoms with Crippen LogP contribution < -0.4 is 0 Å². The Kier molecular flexibility index (Phi) is 3.26. The third kappa shape index (κ3) is 2.18. The van der Waals surface area contributed by atoms with Gasteiger partial charge in [-0.15, -0.1) is 0 Å². The first-order valence-corrected chi connectivity index (χ1v) is 5.70. The second kappa shape index (κ2) is 4.71. The number of nitrogens with zero attached hydrogens (tertiary/aromatic N) is 1. The monoisotopic (exact) mass is 263 g/mol. The van der Waals surface area contributed by atoms with Crippen molar-refractivity contribution in [3.8, 4) is 6.07 Å². The molecular weight excluding hydrogens is 254 g/mol. The number of esters is 1. The number of ether oxygens (including phenoxy) is 1. The molecule has 1 aromatic carbocycles. The van der Waals surface area contributed by atoms with Crippen LogP contribution in [0.5, 0.6) is 0 Å². The molecule has 0 N–H and O–H groups in total. The van der Waals surface area contributed by atoms with Crippen molar-refractivity contribution in [2.75, 3.05) is 0 Å². The molecule has 0 aliphatic rings. The van der Waals surface area contributed by atoms with Crippen molar-refractivity contribution in [2.45, 2.75) is 20.0 Å². The number of carbonyl (C=O) groups excluding carboxylic acids is 1. The van der Waals surface area contributed by atoms with E-state index in [1.54, 1.807) is 25.1 Å². The Morgan fingerprint density at radius 1 is 1.56 bits per heavy atom. The molecule has 0 fully saturated rings. The maximum absolute atomic E-state index is 11.8. The molecule has 92 valence electrons. The van der Waals surface area contributed by atoms with Crippen molar-refractivity contribution in [2.24, 2.45) is 0 Å². The molecular formula is C13H10ClNO3. The molecule has 1 atom stereocenters. The van der Waals surface area contributed by atoms with Crippen molar-refractivity contribution in [3.05, 3.63) is 34.5 Å². The molecule has 2 aromatic rings. The Bertz CT molecular complexity index is 654. The predicted octanol–water partition coefficient (Wildman–Crippen LogP) is 3.46. The summed E-state index contributed by atoms with van der Waals surface area (Å²) in [6.07, 6.45) is -0.811. The van der Waals surface area contributed by atoms with E-state index in [-0.39, 0.29) is 5.76 Å². The molecule has 5 heteroatoms. The van der Waals surface area contributed by atoms with Crippen LogP contribution in [0.15, 0.2) is 22.6 Å². The van der Waals surface area contributed by atoms with Crippen LogP contribution in [0, 0.1) is 18.3 Å². The molecule has 1 aromatic heterocycles. The number of benzene rings is 1. The van der Waals surface area contributed by atoms with Crippen molar-refractivity contribution >= 4 is 28.5 Å². The van der Waals surface area contributed by atoms with Crippen LogP contribution in [-0.4, -0.2) is 12.1 Å². The highest BCUT2D eigenvalue weighted by Gasteiger charge is 2.20. The largest absolute Gasteiger partial charge is 0.449 e. The van der Waals surface area contributed by atoms with E-state index in [0.29, 0.717) is 16.2 Å². The highest BCUT2D eigenvalue weighted by molar-refractivity contribution is 6.31. The average Bonchev–Trinajstić information content (AvgIpc) is 2.66. The average molecular weight is 264 g/mol. The Morgan fingerprint density at radius 3 is 2.94 bits per heavy atom. The van der Waals surface area contributed by atoms with E-state index < -0.39 is 12.1 Å². The molecule has 4 nitrogen and oxygen atoms in total. The van der Waals surface area contributed by atoms with E-state index in [0.717, 1.165) is 5.39 Å². The summed E-state index contributed by atoms with van der Waals surface area (Å²) in [7, 11) is 0. The summed E-state index contributed by atoms with van der Waals surface area (Å²) in [6.45, 7) is 3.24. The number of rotatable bonds is 2. The summed E-state index contributed by atoms with van der Waals surface area (Å²) in [6, 6.07) is 6.91. The zero-order valence-corrected chi connectivity index (χ0v) is 10.6. The number of hydrogen-bond acceptors (Lipinski definition) is 4. The summed E-state index contributed by atoms with van der Waals surface area (Å²) in [5, 5.41) is 9.93. The topological polar surface area (TPSA) is 63.2 Å². The number of aryl methyl sites for hydroxylation is 1. The van der Waals surface area contributed by atoms with E-state index in [4.69, 9.17) is 26.0 Å². The van der Waals surface area contributed by atoms with Crippen LogP contribution in [0.2, 0.25) is 5.02 Å². The van der Waals surface area contributed by atoms with Gasteiger partial charge in [0.1, 0.15) is 11.7 Å². The molecule has 0 radical (unpaired) electrons. The minimum absolute atomic E-state index is 0.106. The standard InChI is InChI=1S/C13H10ClNO3/c1-7(6-15)17-13(16)12-8(2)10-5-9(14)3-4-11(10)18-12/h3-5,7H,1-2H3/t7-/m1/s1. The number of furan rings is 1. The predicted molar refractivity (Wildman–Crippen MR) is 66.5 cm³/mol. The number of carbonyl (C=O) groups is 1. The van der Waals surface area contributed by atoms with Gasteiger partial charge in [0.05, 0.1) is 0 Å². The Morgan fingerprint density at radius 2 is 2.28 bits per heavy atom. The maximum atomic E-state index is 11.8. The normalized spacial score (nSPS) is 12.1. The van der Waals surface area contributed by atoms with Gasteiger partial charge in [-0.25, -0.2) is 4.79 Å².